The second-order valence-corrected chi connectivity index (χ2v) is 1.78. The maximum atomic E-state index is 10.4. The largest absolute Gasteiger partial charge is 0.479 e. The Morgan fingerprint density at radius 2 is 2.64 bits per heavy atom. The number of methoxy groups -OCH3 is 1. The van der Waals surface area contributed by atoms with Gasteiger partial charge >= 0.3 is 5.97 Å². The Hall–Kier alpha value is -1.43. The fourth-order valence-corrected chi connectivity index (χ4v) is 0.634. The highest BCUT2D eigenvalue weighted by Crippen LogP contribution is 2.09. The van der Waals surface area contributed by atoms with Gasteiger partial charge in [0.1, 0.15) is 0 Å². The highest BCUT2D eigenvalue weighted by atomic mass is 16.5. The Morgan fingerprint density at radius 1 is 1.91 bits per heavy atom. The number of ether oxygens (including phenoxy) is 1. The molecule has 0 bridgehead atoms. The molecule has 0 fully saturated rings. The lowest BCUT2D eigenvalue weighted by Gasteiger charge is -2.04. The van der Waals surface area contributed by atoms with Gasteiger partial charge in [-0.15, -0.1) is 10.2 Å². The number of carboxylic acid groups (broad SMARTS) is 1. The van der Waals surface area contributed by atoms with E-state index in [9.17, 15) is 4.79 Å². The number of carbonyl (C=O) groups is 1. The number of hydrogen-bond donors (Lipinski definition) is 2. The van der Waals surface area contributed by atoms with Gasteiger partial charge in [-0.05, 0) is 0 Å². The van der Waals surface area contributed by atoms with Crippen molar-refractivity contribution in [1.29, 1.82) is 0 Å². The molecule has 0 aliphatic rings. The second kappa shape index (κ2) is 3.11. The summed E-state index contributed by atoms with van der Waals surface area (Å²) in [6, 6.07) is 0. The van der Waals surface area contributed by atoms with Crippen LogP contribution >= 0.6 is 0 Å². The highest BCUT2D eigenvalue weighted by Gasteiger charge is 2.21. The minimum atomic E-state index is -1.11. The van der Waals surface area contributed by atoms with Crippen LogP contribution in [-0.2, 0) is 9.53 Å². The van der Waals surface area contributed by atoms with E-state index in [-0.39, 0.29) is 5.82 Å². The lowest BCUT2D eigenvalue weighted by atomic mass is 10.3. The minimum Gasteiger partial charge on any atom is -0.479 e. The quantitative estimate of drug-likeness (QED) is 0.608. The molecule has 1 radical (unpaired) electrons. The Labute approximate surface area is 62.2 Å². The zero-order valence-corrected chi connectivity index (χ0v) is 5.74. The Morgan fingerprint density at radius 3 is 3.00 bits per heavy atom. The highest BCUT2D eigenvalue weighted by molar-refractivity contribution is 5.73. The summed E-state index contributed by atoms with van der Waals surface area (Å²) in [5.74, 6) is -0.974. The summed E-state index contributed by atoms with van der Waals surface area (Å²) < 4.78 is 4.60. The average Bonchev–Trinajstić information content (AvgIpc) is 2.40. The number of aliphatic carboxylic acids is 1. The van der Waals surface area contributed by atoms with E-state index < -0.39 is 12.1 Å². The lowest BCUT2D eigenvalue weighted by Crippen LogP contribution is -2.14. The van der Waals surface area contributed by atoms with Gasteiger partial charge in [0.15, 0.2) is 12.2 Å². The van der Waals surface area contributed by atoms with Crippen molar-refractivity contribution in [3.63, 3.8) is 0 Å². The van der Waals surface area contributed by atoms with Crippen LogP contribution in [0.25, 0.3) is 0 Å². The Kier molecular flexibility index (Phi) is 2.17. The fourth-order valence-electron chi connectivity index (χ4n) is 0.634. The van der Waals surface area contributed by atoms with Gasteiger partial charge < -0.3 is 14.8 Å². The van der Waals surface area contributed by atoms with Gasteiger partial charge in [-0.25, -0.2) is 4.79 Å². The standard InChI is InChI=1S/C5H6N3O3/c1-11-3(5(9)10)4-6-2-7-8-4/h3H,1H3,(H,9,10)(H,6,7,8). The molecule has 1 unspecified atom stereocenters. The van der Waals surface area contributed by atoms with Crippen molar-refractivity contribution < 1.29 is 14.6 Å². The van der Waals surface area contributed by atoms with Crippen molar-refractivity contribution in [2.45, 2.75) is 6.10 Å². The van der Waals surface area contributed by atoms with Crippen LogP contribution in [0.5, 0.6) is 0 Å². The molecule has 2 N–H and O–H groups in total. The summed E-state index contributed by atoms with van der Waals surface area (Å²) in [6.07, 6.45) is 1.18. The molecule has 0 spiro atoms. The number of aromatic nitrogens is 3. The average molecular weight is 156 g/mol. The number of aromatic amines is 1. The number of nitrogens with one attached hydrogen (secondary N) is 1. The summed E-state index contributed by atoms with van der Waals surface area (Å²) in [6.45, 7) is 0. The van der Waals surface area contributed by atoms with Crippen molar-refractivity contribution >= 4 is 5.97 Å². The zero-order chi connectivity index (χ0) is 8.27. The van der Waals surface area contributed by atoms with E-state index in [0.29, 0.717) is 0 Å². The number of nitrogens with zero attached hydrogens (tertiary/aromatic N) is 2. The van der Waals surface area contributed by atoms with Crippen molar-refractivity contribution in [2.75, 3.05) is 7.11 Å². The monoisotopic (exact) mass is 156 g/mol. The molecule has 1 atom stereocenters. The third-order valence-corrected chi connectivity index (χ3v) is 1.10. The van der Waals surface area contributed by atoms with E-state index in [1.807, 2.05) is 0 Å². The smallest absolute Gasteiger partial charge is 0.340 e. The van der Waals surface area contributed by atoms with Crippen LogP contribution in [0, 0.1) is 6.33 Å². The van der Waals surface area contributed by atoms with Crippen molar-refractivity contribution in [1.82, 2.24) is 15.2 Å². The molecule has 0 saturated carbocycles. The number of carboxylic acids is 1. The molecule has 1 aromatic heterocycles. The number of rotatable bonds is 3. The first-order valence-corrected chi connectivity index (χ1v) is 2.80. The molecular formula is C5H6N3O3. The molecule has 1 rings (SSSR count). The predicted molar refractivity (Wildman–Crippen MR) is 32.6 cm³/mol. The first-order valence-electron chi connectivity index (χ1n) is 2.80. The third-order valence-electron chi connectivity index (χ3n) is 1.10. The molecule has 0 amide bonds. The molecule has 0 aliphatic heterocycles. The SMILES string of the molecule is COC(C(=O)O)c1nn[c][nH]1. The van der Waals surface area contributed by atoms with Gasteiger partial charge in [0.05, 0.1) is 0 Å². The number of hydrogen-bond acceptors (Lipinski definition) is 4. The van der Waals surface area contributed by atoms with Gasteiger partial charge in [-0.2, -0.15) is 0 Å². The van der Waals surface area contributed by atoms with E-state index >= 15 is 0 Å². The first-order chi connectivity index (χ1) is 5.25. The first kappa shape index (κ1) is 7.67. The topological polar surface area (TPSA) is 88.1 Å². The van der Waals surface area contributed by atoms with E-state index in [1.54, 1.807) is 0 Å². The van der Waals surface area contributed by atoms with E-state index in [0.717, 1.165) is 0 Å². The van der Waals surface area contributed by atoms with Crippen LogP contribution in [0.15, 0.2) is 0 Å². The van der Waals surface area contributed by atoms with Crippen molar-refractivity contribution in [2.24, 2.45) is 0 Å². The maximum Gasteiger partial charge on any atom is 0.340 e. The summed E-state index contributed by atoms with van der Waals surface area (Å²) in [7, 11) is 1.28. The second-order valence-electron chi connectivity index (χ2n) is 1.78. The maximum absolute atomic E-state index is 10.4. The van der Waals surface area contributed by atoms with Gasteiger partial charge in [0.25, 0.3) is 0 Å². The fraction of sp³-hybridized carbons (Fsp3) is 0.400. The zero-order valence-electron chi connectivity index (χ0n) is 5.74. The molecule has 11 heavy (non-hydrogen) atoms. The summed E-state index contributed by atoms with van der Waals surface area (Å²) in [5.41, 5.74) is 0. The van der Waals surface area contributed by atoms with Crippen molar-refractivity contribution in [3.05, 3.63) is 12.2 Å². The summed E-state index contributed by atoms with van der Waals surface area (Å²) in [4.78, 5) is 12.8. The number of H-pyrrole nitrogens is 1. The third kappa shape index (κ3) is 1.53. The van der Waals surface area contributed by atoms with Gasteiger partial charge in [-0.1, -0.05) is 0 Å². The van der Waals surface area contributed by atoms with E-state index in [1.165, 1.54) is 7.11 Å². The van der Waals surface area contributed by atoms with Crippen LogP contribution < -0.4 is 0 Å². The molecule has 1 heterocycles. The van der Waals surface area contributed by atoms with Gasteiger partial charge in [0.2, 0.25) is 6.10 Å². The molecule has 59 valence electrons. The normalized spacial score (nSPS) is 12.8. The Balaban J connectivity index is 2.79. The van der Waals surface area contributed by atoms with Crippen molar-refractivity contribution in [3.8, 4) is 0 Å². The molecule has 0 saturated heterocycles. The van der Waals surface area contributed by atoms with Crippen LogP contribution in [-0.4, -0.2) is 33.4 Å². The van der Waals surface area contributed by atoms with E-state index in [2.05, 4.69) is 26.2 Å². The minimum absolute atomic E-state index is 0.139. The van der Waals surface area contributed by atoms with Crippen LogP contribution in [0.3, 0.4) is 0 Å². The molecule has 6 heteroatoms. The van der Waals surface area contributed by atoms with Gasteiger partial charge in [-0.3, -0.25) is 0 Å². The Bertz CT molecular complexity index is 233. The molecule has 1 aromatic rings. The van der Waals surface area contributed by atoms with Crippen LogP contribution in [0.1, 0.15) is 11.9 Å². The molecule has 0 aromatic carbocycles. The molecule has 6 nitrogen and oxygen atoms in total. The summed E-state index contributed by atoms with van der Waals surface area (Å²) >= 11 is 0. The van der Waals surface area contributed by atoms with Crippen LogP contribution in [0.4, 0.5) is 0 Å². The van der Waals surface area contributed by atoms with Gasteiger partial charge in [0, 0.05) is 7.11 Å². The van der Waals surface area contributed by atoms with Crippen LogP contribution in [0.2, 0.25) is 0 Å². The van der Waals surface area contributed by atoms with E-state index in [4.69, 9.17) is 5.11 Å². The molecular weight excluding hydrogens is 150 g/mol. The summed E-state index contributed by atoms with van der Waals surface area (Å²) in [5, 5.41) is 15.3. The lowest BCUT2D eigenvalue weighted by molar-refractivity contribution is -0.149. The predicted octanol–water partition coefficient (Wildman–Crippen LogP) is -0.623. The molecule has 0 aliphatic carbocycles.